The standard InChI is InChI=1S/C14H14N2O2/c1-9-3-4-10(2)12(7-9)16-14(18)11-8-15-6-5-13(11)17/h3-8H,1-2H3,(H,15,17)(H,16,18). The normalized spacial score (nSPS) is 10.1. The van der Waals surface area contributed by atoms with E-state index in [0.717, 1.165) is 16.8 Å². The second-order valence-corrected chi connectivity index (χ2v) is 4.19. The summed E-state index contributed by atoms with van der Waals surface area (Å²) in [5.41, 5.74) is 2.55. The number of rotatable bonds is 2. The van der Waals surface area contributed by atoms with Crippen LogP contribution in [-0.4, -0.2) is 10.9 Å². The van der Waals surface area contributed by atoms with Gasteiger partial charge < -0.3 is 10.3 Å². The third-order valence-electron chi connectivity index (χ3n) is 2.71. The first-order chi connectivity index (χ1) is 8.58. The van der Waals surface area contributed by atoms with E-state index in [1.807, 2.05) is 32.0 Å². The van der Waals surface area contributed by atoms with Crippen LogP contribution < -0.4 is 10.7 Å². The summed E-state index contributed by atoms with van der Waals surface area (Å²) >= 11 is 0. The first kappa shape index (κ1) is 12.1. The van der Waals surface area contributed by atoms with Crippen molar-refractivity contribution in [2.75, 3.05) is 5.32 Å². The summed E-state index contributed by atoms with van der Waals surface area (Å²) in [4.78, 5) is 26.2. The highest BCUT2D eigenvalue weighted by molar-refractivity contribution is 6.04. The summed E-state index contributed by atoms with van der Waals surface area (Å²) in [5, 5.41) is 2.75. The average Bonchev–Trinajstić information content (AvgIpc) is 2.34. The Morgan fingerprint density at radius 2 is 2.00 bits per heavy atom. The van der Waals surface area contributed by atoms with Crippen molar-refractivity contribution in [3.63, 3.8) is 0 Å². The maximum absolute atomic E-state index is 12.0. The Morgan fingerprint density at radius 1 is 1.22 bits per heavy atom. The number of hydrogen-bond acceptors (Lipinski definition) is 2. The van der Waals surface area contributed by atoms with Crippen molar-refractivity contribution in [1.29, 1.82) is 0 Å². The fourth-order valence-electron chi connectivity index (χ4n) is 1.65. The fourth-order valence-corrected chi connectivity index (χ4v) is 1.65. The SMILES string of the molecule is Cc1ccc(C)c(NC(=O)c2c[nH]ccc2=O)c1. The van der Waals surface area contributed by atoms with E-state index in [0.29, 0.717) is 0 Å². The summed E-state index contributed by atoms with van der Waals surface area (Å²) in [6.45, 7) is 3.86. The number of amides is 1. The Hall–Kier alpha value is -2.36. The van der Waals surface area contributed by atoms with Gasteiger partial charge in [-0.05, 0) is 31.0 Å². The van der Waals surface area contributed by atoms with Gasteiger partial charge in [-0.25, -0.2) is 0 Å². The Morgan fingerprint density at radius 3 is 2.72 bits per heavy atom. The summed E-state index contributed by atoms with van der Waals surface area (Å²) in [6, 6.07) is 7.11. The predicted molar refractivity (Wildman–Crippen MR) is 70.9 cm³/mol. The van der Waals surface area contributed by atoms with E-state index < -0.39 is 5.91 Å². The van der Waals surface area contributed by atoms with Gasteiger partial charge in [-0.1, -0.05) is 12.1 Å². The number of aromatic nitrogens is 1. The topological polar surface area (TPSA) is 62.0 Å². The van der Waals surface area contributed by atoms with Crippen LogP contribution in [0.4, 0.5) is 5.69 Å². The van der Waals surface area contributed by atoms with E-state index in [1.54, 1.807) is 0 Å². The summed E-state index contributed by atoms with van der Waals surface area (Å²) < 4.78 is 0. The molecular formula is C14H14N2O2. The number of nitrogens with one attached hydrogen (secondary N) is 2. The lowest BCUT2D eigenvalue weighted by Gasteiger charge is -2.08. The lowest BCUT2D eigenvalue weighted by atomic mass is 10.1. The molecule has 4 nitrogen and oxygen atoms in total. The van der Waals surface area contributed by atoms with Crippen molar-refractivity contribution in [3.05, 3.63) is 63.6 Å². The minimum Gasteiger partial charge on any atom is -0.367 e. The summed E-state index contributed by atoms with van der Waals surface area (Å²) in [7, 11) is 0. The van der Waals surface area contributed by atoms with E-state index in [1.165, 1.54) is 18.5 Å². The number of carbonyl (C=O) groups excluding carboxylic acids is 1. The van der Waals surface area contributed by atoms with Crippen LogP contribution in [0.2, 0.25) is 0 Å². The third kappa shape index (κ3) is 2.48. The molecule has 0 unspecified atom stereocenters. The Bertz CT molecular complexity index is 644. The smallest absolute Gasteiger partial charge is 0.261 e. The van der Waals surface area contributed by atoms with Gasteiger partial charge in [0.2, 0.25) is 0 Å². The monoisotopic (exact) mass is 242 g/mol. The zero-order chi connectivity index (χ0) is 13.1. The largest absolute Gasteiger partial charge is 0.367 e. The van der Waals surface area contributed by atoms with Crippen LogP contribution in [-0.2, 0) is 0 Å². The van der Waals surface area contributed by atoms with Crippen molar-refractivity contribution in [2.24, 2.45) is 0 Å². The first-order valence-corrected chi connectivity index (χ1v) is 5.63. The first-order valence-electron chi connectivity index (χ1n) is 5.63. The minimum atomic E-state index is -0.398. The third-order valence-corrected chi connectivity index (χ3v) is 2.71. The number of pyridine rings is 1. The van der Waals surface area contributed by atoms with Crippen LogP contribution in [0, 0.1) is 13.8 Å². The zero-order valence-electron chi connectivity index (χ0n) is 10.3. The summed E-state index contributed by atoms with van der Waals surface area (Å²) in [5.74, 6) is -0.398. The van der Waals surface area contributed by atoms with E-state index in [-0.39, 0.29) is 11.0 Å². The van der Waals surface area contributed by atoms with Crippen LogP contribution in [0.25, 0.3) is 0 Å². The van der Waals surface area contributed by atoms with Crippen LogP contribution in [0.15, 0.2) is 41.5 Å². The molecule has 0 bridgehead atoms. The fraction of sp³-hybridized carbons (Fsp3) is 0.143. The van der Waals surface area contributed by atoms with Gasteiger partial charge in [-0.3, -0.25) is 9.59 Å². The van der Waals surface area contributed by atoms with E-state index in [9.17, 15) is 9.59 Å². The second-order valence-electron chi connectivity index (χ2n) is 4.19. The molecule has 92 valence electrons. The van der Waals surface area contributed by atoms with Crippen molar-refractivity contribution in [1.82, 2.24) is 4.98 Å². The Balaban J connectivity index is 2.30. The molecule has 0 aliphatic carbocycles. The predicted octanol–water partition coefficient (Wildman–Crippen LogP) is 2.24. The van der Waals surface area contributed by atoms with E-state index >= 15 is 0 Å². The lowest BCUT2D eigenvalue weighted by Crippen LogP contribution is -2.21. The van der Waals surface area contributed by atoms with Gasteiger partial charge in [0.25, 0.3) is 5.91 Å². The number of aromatic amines is 1. The van der Waals surface area contributed by atoms with Gasteiger partial charge in [-0.15, -0.1) is 0 Å². The molecule has 18 heavy (non-hydrogen) atoms. The number of hydrogen-bond donors (Lipinski definition) is 2. The van der Waals surface area contributed by atoms with Gasteiger partial charge >= 0.3 is 0 Å². The molecular weight excluding hydrogens is 228 g/mol. The molecule has 0 spiro atoms. The highest BCUT2D eigenvalue weighted by Gasteiger charge is 2.10. The second kappa shape index (κ2) is 4.87. The molecule has 0 saturated carbocycles. The van der Waals surface area contributed by atoms with E-state index in [2.05, 4.69) is 10.3 Å². The number of aryl methyl sites for hydroxylation is 2. The molecule has 1 aromatic heterocycles. The minimum absolute atomic E-state index is 0.110. The van der Waals surface area contributed by atoms with Crippen LogP contribution in [0.5, 0.6) is 0 Å². The molecule has 1 aromatic carbocycles. The highest BCUT2D eigenvalue weighted by Crippen LogP contribution is 2.16. The number of carbonyl (C=O) groups is 1. The maximum Gasteiger partial charge on any atom is 0.261 e. The van der Waals surface area contributed by atoms with Crippen LogP contribution >= 0.6 is 0 Å². The number of H-pyrrole nitrogens is 1. The highest BCUT2D eigenvalue weighted by atomic mass is 16.2. The lowest BCUT2D eigenvalue weighted by molar-refractivity contribution is 0.102. The van der Waals surface area contributed by atoms with Crippen molar-refractivity contribution < 1.29 is 4.79 Å². The molecule has 1 amide bonds. The molecule has 1 heterocycles. The van der Waals surface area contributed by atoms with E-state index in [4.69, 9.17) is 0 Å². The van der Waals surface area contributed by atoms with Gasteiger partial charge in [0, 0.05) is 24.1 Å². The Labute approximate surface area is 105 Å². The average molecular weight is 242 g/mol. The van der Waals surface area contributed by atoms with Crippen molar-refractivity contribution in [3.8, 4) is 0 Å². The molecule has 0 aliphatic rings. The zero-order valence-corrected chi connectivity index (χ0v) is 10.3. The van der Waals surface area contributed by atoms with Crippen molar-refractivity contribution in [2.45, 2.75) is 13.8 Å². The van der Waals surface area contributed by atoms with Crippen molar-refractivity contribution >= 4 is 11.6 Å². The van der Waals surface area contributed by atoms with Crippen LogP contribution in [0.1, 0.15) is 21.5 Å². The molecule has 0 fully saturated rings. The molecule has 0 radical (unpaired) electrons. The molecule has 2 aromatic rings. The van der Waals surface area contributed by atoms with Crippen LogP contribution in [0.3, 0.4) is 0 Å². The molecule has 2 rings (SSSR count). The van der Waals surface area contributed by atoms with Gasteiger partial charge in [0.05, 0.1) is 0 Å². The van der Waals surface area contributed by atoms with Gasteiger partial charge in [-0.2, -0.15) is 0 Å². The summed E-state index contributed by atoms with van der Waals surface area (Å²) in [6.07, 6.45) is 2.90. The van der Waals surface area contributed by atoms with Gasteiger partial charge in [0.15, 0.2) is 5.43 Å². The molecule has 0 aliphatic heterocycles. The Kier molecular flexibility index (Phi) is 3.28. The number of benzene rings is 1. The molecule has 0 atom stereocenters. The number of anilines is 1. The maximum atomic E-state index is 12.0. The molecule has 2 N–H and O–H groups in total. The quantitative estimate of drug-likeness (QED) is 0.848. The molecule has 0 saturated heterocycles. The van der Waals surface area contributed by atoms with Gasteiger partial charge in [0.1, 0.15) is 5.56 Å². The molecule has 4 heteroatoms.